The molecule has 0 bridgehead atoms. The first-order chi connectivity index (χ1) is 9.15. The molecule has 0 radical (unpaired) electrons. The molecule has 2 aromatic heterocycles. The third-order valence-corrected chi connectivity index (χ3v) is 2.39. The molecule has 0 saturated carbocycles. The number of aromatic amines is 1. The van der Waals surface area contributed by atoms with Crippen LogP contribution in [0.3, 0.4) is 0 Å². The van der Waals surface area contributed by atoms with Crippen LogP contribution in [0.25, 0.3) is 11.2 Å². The minimum atomic E-state index is -1.10. The molecule has 0 saturated heterocycles. The van der Waals surface area contributed by atoms with Crippen molar-refractivity contribution in [1.29, 1.82) is 0 Å². The highest BCUT2D eigenvalue weighted by Gasteiger charge is 2.14. The Labute approximate surface area is 105 Å². The van der Waals surface area contributed by atoms with Crippen LogP contribution in [0.2, 0.25) is 0 Å². The molecule has 3 rings (SSSR count). The van der Waals surface area contributed by atoms with Crippen LogP contribution in [0.1, 0.15) is 0 Å². The summed E-state index contributed by atoms with van der Waals surface area (Å²) in [7, 11) is 0. The molecule has 3 aromatic rings. The number of nitrogen functional groups attached to an aromatic ring is 1. The number of nitrogens with one attached hydrogen (secondary N) is 1. The highest BCUT2D eigenvalue weighted by Crippen LogP contribution is 2.28. The summed E-state index contributed by atoms with van der Waals surface area (Å²) in [6, 6.07) is 3.59. The van der Waals surface area contributed by atoms with Crippen molar-refractivity contribution in [3.8, 4) is 11.6 Å². The topological polar surface area (TPSA) is 89.7 Å². The summed E-state index contributed by atoms with van der Waals surface area (Å²) in [6.45, 7) is 0. The molecule has 0 amide bonds. The molecule has 96 valence electrons. The van der Waals surface area contributed by atoms with Crippen molar-refractivity contribution in [2.45, 2.75) is 0 Å². The molecular formula is C11H7F2N5O. The minimum absolute atomic E-state index is 0.0236. The summed E-state index contributed by atoms with van der Waals surface area (Å²) in [4.78, 5) is 14.3. The van der Waals surface area contributed by atoms with E-state index in [1.165, 1.54) is 18.5 Å². The van der Waals surface area contributed by atoms with Crippen LogP contribution in [0.15, 0.2) is 24.5 Å². The van der Waals surface area contributed by atoms with Crippen molar-refractivity contribution >= 4 is 17.1 Å². The molecule has 0 aliphatic rings. The molecule has 6 nitrogen and oxygen atoms in total. The number of hydrogen-bond donors (Lipinski definition) is 2. The predicted molar refractivity (Wildman–Crippen MR) is 62.5 cm³/mol. The van der Waals surface area contributed by atoms with Crippen LogP contribution in [-0.2, 0) is 0 Å². The van der Waals surface area contributed by atoms with Crippen molar-refractivity contribution < 1.29 is 13.5 Å². The molecule has 1 aromatic carbocycles. The van der Waals surface area contributed by atoms with Crippen LogP contribution >= 0.6 is 0 Å². The minimum Gasteiger partial charge on any atom is -0.434 e. The molecule has 0 unspecified atom stereocenters. The predicted octanol–water partition coefficient (Wildman–Crippen LogP) is 2.01. The highest BCUT2D eigenvalue weighted by atomic mass is 19.2. The largest absolute Gasteiger partial charge is 0.434 e. The maximum Gasteiger partial charge on any atom is 0.250 e. The van der Waals surface area contributed by atoms with Gasteiger partial charge in [-0.05, 0) is 12.1 Å². The standard InChI is InChI=1S/C11H7F2N5O/c12-5-2-1-3-6(7(5)13)19-10-8-9(16-4-15-8)17-11(14)18-10/h1-4H,(H3,14,15,16,17,18). The monoisotopic (exact) mass is 263 g/mol. The van der Waals surface area contributed by atoms with Crippen molar-refractivity contribution in [1.82, 2.24) is 19.9 Å². The van der Waals surface area contributed by atoms with E-state index in [0.717, 1.165) is 6.07 Å². The first-order valence-corrected chi connectivity index (χ1v) is 5.23. The number of fused-ring (bicyclic) bond motifs is 1. The SMILES string of the molecule is Nc1nc(Oc2cccc(F)c2F)c2[nH]cnc2n1. The quantitative estimate of drug-likeness (QED) is 0.738. The summed E-state index contributed by atoms with van der Waals surface area (Å²) in [5.41, 5.74) is 6.10. The van der Waals surface area contributed by atoms with E-state index >= 15 is 0 Å². The lowest BCUT2D eigenvalue weighted by Crippen LogP contribution is -1.99. The van der Waals surface area contributed by atoms with Gasteiger partial charge in [-0.3, -0.25) is 0 Å². The number of anilines is 1. The van der Waals surface area contributed by atoms with Crippen LogP contribution in [0, 0.1) is 11.6 Å². The van der Waals surface area contributed by atoms with E-state index in [2.05, 4.69) is 19.9 Å². The number of H-pyrrole nitrogens is 1. The molecule has 0 fully saturated rings. The molecule has 0 spiro atoms. The second kappa shape index (κ2) is 4.16. The zero-order valence-corrected chi connectivity index (χ0v) is 9.39. The Morgan fingerprint density at radius 1 is 1.21 bits per heavy atom. The van der Waals surface area contributed by atoms with Gasteiger partial charge in [0.05, 0.1) is 6.33 Å². The van der Waals surface area contributed by atoms with Crippen molar-refractivity contribution in [3.05, 3.63) is 36.2 Å². The average molecular weight is 263 g/mol. The van der Waals surface area contributed by atoms with Gasteiger partial charge in [-0.1, -0.05) is 6.07 Å². The number of rotatable bonds is 2. The summed E-state index contributed by atoms with van der Waals surface area (Å²) in [5, 5.41) is 0. The van der Waals surface area contributed by atoms with Gasteiger partial charge in [0.15, 0.2) is 17.2 Å². The maximum absolute atomic E-state index is 13.5. The van der Waals surface area contributed by atoms with E-state index in [-0.39, 0.29) is 23.2 Å². The van der Waals surface area contributed by atoms with Gasteiger partial charge in [0, 0.05) is 0 Å². The van der Waals surface area contributed by atoms with E-state index in [1.807, 2.05) is 0 Å². The number of nitrogens with zero attached hydrogens (tertiary/aromatic N) is 3. The van der Waals surface area contributed by atoms with Gasteiger partial charge in [-0.2, -0.15) is 14.4 Å². The van der Waals surface area contributed by atoms with Gasteiger partial charge in [0.1, 0.15) is 5.52 Å². The molecular weight excluding hydrogens is 256 g/mol. The first kappa shape index (κ1) is 11.3. The van der Waals surface area contributed by atoms with Crippen LogP contribution in [0.4, 0.5) is 14.7 Å². The lowest BCUT2D eigenvalue weighted by Gasteiger charge is -2.07. The van der Waals surface area contributed by atoms with Gasteiger partial charge in [-0.25, -0.2) is 9.37 Å². The van der Waals surface area contributed by atoms with E-state index in [1.54, 1.807) is 0 Å². The van der Waals surface area contributed by atoms with Crippen LogP contribution in [-0.4, -0.2) is 19.9 Å². The second-order valence-corrected chi connectivity index (χ2v) is 3.64. The number of benzene rings is 1. The van der Waals surface area contributed by atoms with E-state index in [9.17, 15) is 8.78 Å². The maximum atomic E-state index is 13.5. The average Bonchev–Trinajstić information content (AvgIpc) is 2.83. The first-order valence-electron chi connectivity index (χ1n) is 5.23. The second-order valence-electron chi connectivity index (χ2n) is 3.64. The van der Waals surface area contributed by atoms with E-state index in [4.69, 9.17) is 10.5 Å². The normalized spacial score (nSPS) is 10.8. The fourth-order valence-corrected chi connectivity index (χ4v) is 1.56. The lowest BCUT2D eigenvalue weighted by molar-refractivity contribution is 0.408. The summed E-state index contributed by atoms with van der Waals surface area (Å²) in [6.07, 6.45) is 1.37. The van der Waals surface area contributed by atoms with Crippen molar-refractivity contribution in [2.24, 2.45) is 0 Å². The summed E-state index contributed by atoms with van der Waals surface area (Å²) in [5.74, 6) is -2.52. The number of halogens is 2. The van der Waals surface area contributed by atoms with E-state index < -0.39 is 11.6 Å². The Hall–Kier alpha value is -2.77. The zero-order chi connectivity index (χ0) is 13.4. The third-order valence-electron chi connectivity index (χ3n) is 2.39. The molecule has 0 atom stereocenters. The Morgan fingerprint density at radius 3 is 2.89 bits per heavy atom. The molecule has 3 N–H and O–H groups in total. The number of nitrogens with two attached hydrogens (primary N) is 1. The molecule has 2 heterocycles. The molecule has 0 aliphatic carbocycles. The van der Waals surface area contributed by atoms with Crippen molar-refractivity contribution in [2.75, 3.05) is 5.73 Å². The van der Waals surface area contributed by atoms with E-state index in [0.29, 0.717) is 5.52 Å². The van der Waals surface area contributed by atoms with Gasteiger partial charge >= 0.3 is 0 Å². The number of ether oxygens (including phenoxy) is 1. The smallest absolute Gasteiger partial charge is 0.250 e. The Bertz CT molecular complexity index is 758. The van der Waals surface area contributed by atoms with Gasteiger partial charge in [-0.15, -0.1) is 0 Å². The summed E-state index contributed by atoms with van der Waals surface area (Å²) >= 11 is 0. The van der Waals surface area contributed by atoms with Gasteiger partial charge in [0.25, 0.3) is 5.88 Å². The Kier molecular flexibility index (Phi) is 2.48. The Balaban J connectivity index is 2.10. The van der Waals surface area contributed by atoms with Gasteiger partial charge < -0.3 is 15.5 Å². The summed E-state index contributed by atoms with van der Waals surface area (Å²) < 4.78 is 31.8. The Morgan fingerprint density at radius 2 is 2.05 bits per heavy atom. The zero-order valence-electron chi connectivity index (χ0n) is 9.39. The fraction of sp³-hybridized carbons (Fsp3) is 0. The van der Waals surface area contributed by atoms with Crippen LogP contribution in [0.5, 0.6) is 11.6 Å². The third kappa shape index (κ3) is 1.92. The number of aromatic nitrogens is 4. The number of imidazole rings is 1. The van der Waals surface area contributed by atoms with Crippen LogP contribution < -0.4 is 10.5 Å². The molecule has 19 heavy (non-hydrogen) atoms. The number of hydrogen-bond acceptors (Lipinski definition) is 5. The van der Waals surface area contributed by atoms with Crippen molar-refractivity contribution in [3.63, 3.8) is 0 Å². The lowest BCUT2D eigenvalue weighted by atomic mass is 10.3. The fourth-order valence-electron chi connectivity index (χ4n) is 1.56. The molecule has 8 heteroatoms. The van der Waals surface area contributed by atoms with Gasteiger partial charge in [0.2, 0.25) is 11.8 Å². The molecule has 0 aliphatic heterocycles. The highest BCUT2D eigenvalue weighted by molar-refractivity contribution is 5.77.